The molecule has 3 rings (SSSR count). The fraction of sp³-hybridized carbons (Fsp3) is 0.294. The molecule has 0 aliphatic heterocycles. The summed E-state index contributed by atoms with van der Waals surface area (Å²) in [6.07, 6.45) is 1.13. The van der Waals surface area contributed by atoms with Crippen LogP contribution in [0.25, 0.3) is 20.2 Å². The molecule has 2 aromatic carbocycles. The van der Waals surface area contributed by atoms with Gasteiger partial charge < -0.3 is 0 Å². The van der Waals surface area contributed by atoms with E-state index in [0.29, 0.717) is 5.41 Å². The summed E-state index contributed by atoms with van der Waals surface area (Å²) in [7, 11) is 0. The van der Waals surface area contributed by atoms with Crippen molar-refractivity contribution in [2.24, 2.45) is 5.41 Å². The predicted molar refractivity (Wildman–Crippen MR) is 82.5 cm³/mol. The van der Waals surface area contributed by atoms with E-state index < -0.39 is 0 Å². The van der Waals surface area contributed by atoms with Crippen LogP contribution in [0.15, 0.2) is 42.5 Å². The number of hydrogen-bond acceptors (Lipinski definition) is 1. The van der Waals surface area contributed by atoms with Gasteiger partial charge in [-0.2, -0.15) is 0 Å². The van der Waals surface area contributed by atoms with Crippen LogP contribution >= 0.6 is 11.3 Å². The zero-order valence-electron chi connectivity index (χ0n) is 11.2. The summed E-state index contributed by atoms with van der Waals surface area (Å²) in [5.74, 6) is 0. The van der Waals surface area contributed by atoms with Gasteiger partial charge in [0.15, 0.2) is 0 Å². The fourth-order valence-corrected chi connectivity index (χ4v) is 3.72. The van der Waals surface area contributed by atoms with E-state index in [1.54, 1.807) is 0 Å². The van der Waals surface area contributed by atoms with Crippen molar-refractivity contribution in [2.45, 2.75) is 27.2 Å². The van der Waals surface area contributed by atoms with Crippen LogP contribution in [-0.4, -0.2) is 0 Å². The topological polar surface area (TPSA) is 0 Å². The highest BCUT2D eigenvalue weighted by Gasteiger charge is 2.15. The van der Waals surface area contributed by atoms with Crippen LogP contribution < -0.4 is 0 Å². The molecule has 0 nitrogen and oxygen atoms in total. The van der Waals surface area contributed by atoms with E-state index in [0.717, 1.165) is 6.42 Å². The van der Waals surface area contributed by atoms with E-state index in [1.807, 2.05) is 11.3 Å². The lowest BCUT2D eigenvalue weighted by Crippen LogP contribution is -2.09. The lowest BCUT2D eigenvalue weighted by atomic mass is 9.86. The molecular weight excluding hydrogens is 236 g/mol. The van der Waals surface area contributed by atoms with Crippen LogP contribution in [0.3, 0.4) is 0 Å². The maximum Gasteiger partial charge on any atom is 0.0358 e. The molecule has 92 valence electrons. The van der Waals surface area contributed by atoms with Crippen molar-refractivity contribution in [1.29, 1.82) is 0 Å². The SMILES string of the molecule is CC(C)(C)Cc1cccc2sc3ccccc3c12. The van der Waals surface area contributed by atoms with Gasteiger partial charge in [0, 0.05) is 20.2 Å². The molecule has 0 bridgehead atoms. The highest BCUT2D eigenvalue weighted by atomic mass is 32.1. The van der Waals surface area contributed by atoms with Gasteiger partial charge in [0.2, 0.25) is 0 Å². The highest BCUT2D eigenvalue weighted by Crippen LogP contribution is 2.37. The van der Waals surface area contributed by atoms with Crippen LogP contribution in [-0.2, 0) is 6.42 Å². The molecule has 1 heteroatoms. The maximum absolute atomic E-state index is 2.31. The molecule has 0 atom stereocenters. The normalized spacial score (nSPS) is 12.4. The van der Waals surface area contributed by atoms with Crippen LogP contribution in [0.4, 0.5) is 0 Å². The van der Waals surface area contributed by atoms with Crippen molar-refractivity contribution in [3.05, 3.63) is 48.0 Å². The lowest BCUT2D eigenvalue weighted by molar-refractivity contribution is 0.413. The van der Waals surface area contributed by atoms with Gasteiger partial charge in [-0.3, -0.25) is 0 Å². The van der Waals surface area contributed by atoms with Crippen molar-refractivity contribution in [3.8, 4) is 0 Å². The van der Waals surface area contributed by atoms with Gasteiger partial charge in [-0.05, 0) is 29.5 Å². The Balaban J connectivity index is 2.31. The summed E-state index contributed by atoms with van der Waals surface area (Å²) in [6, 6.07) is 15.5. The first-order valence-corrected chi connectivity index (χ1v) is 7.25. The minimum Gasteiger partial charge on any atom is -0.135 e. The summed E-state index contributed by atoms with van der Waals surface area (Å²) in [5.41, 5.74) is 1.81. The van der Waals surface area contributed by atoms with Crippen molar-refractivity contribution in [2.75, 3.05) is 0 Å². The first kappa shape index (κ1) is 11.7. The number of thiophene rings is 1. The van der Waals surface area contributed by atoms with Gasteiger partial charge in [0.05, 0.1) is 0 Å². The third-order valence-corrected chi connectivity index (χ3v) is 4.35. The average molecular weight is 254 g/mol. The molecule has 0 radical (unpaired) electrons. The second-order valence-corrected chi connectivity index (χ2v) is 7.21. The lowest BCUT2D eigenvalue weighted by Gasteiger charge is -2.18. The molecule has 0 fully saturated rings. The Morgan fingerprint density at radius 3 is 2.39 bits per heavy atom. The van der Waals surface area contributed by atoms with Gasteiger partial charge in [-0.25, -0.2) is 0 Å². The Kier molecular flexibility index (Phi) is 2.67. The molecule has 3 aromatic rings. The second-order valence-electron chi connectivity index (χ2n) is 6.13. The van der Waals surface area contributed by atoms with Crippen molar-refractivity contribution in [1.82, 2.24) is 0 Å². The molecular formula is C17H18S. The molecule has 0 spiro atoms. The van der Waals surface area contributed by atoms with Gasteiger partial charge in [0.1, 0.15) is 0 Å². The Hall–Kier alpha value is -1.34. The van der Waals surface area contributed by atoms with Crippen LogP contribution in [0, 0.1) is 5.41 Å². The summed E-state index contributed by atoms with van der Waals surface area (Å²) in [5, 5.41) is 2.88. The molecule has 1 heterocycles. The molecule has 0 saturated carbocycles. The Bertz CT molecular complexity index is 698. The quantitative estimate of drug-likeness (QED) is 0.527. The Morgan fingerprint density at radius 2 is 1.61 bits per heavy atom. The van der Waals surface area contributed by atoms with Crippen LogP contribution in [0.5, 0.6) is 0 Å². The Morgan fingerprint density at radius 1 is 0.889 bits per heavy atom. The smallest absolute Gasteiger partial charge is 0.0358 e. The molecule has 0 aliphatic rings. The van der Waals surface area contributed by atoms with E-state index in [4.69, 9.17) is 0 Å². The summed E-state index contributed by atoms with van der Waals surface area (Å²) < 4.78 is 2.81. The van der Waals surface area contributed by atoms with Crippen LogP contribution in [0.1, 0.15) is 26.3 Å². The van der Waals surface area contributed by atoms with Crippen LogP contribution in [0.2, 0.25) is 0 Å². The van der Waals surface area contributed by atoms with Gasteiger partial charge in [-0.1, -0.05) is 51.1 Å². The van der Waals surface area contributed by atoms with Gasteiger partial charge in [0.25, 0.3) is 0 Å². The summed E-state index contributed by atoms with van der Waals surface area (Å²) in [4.78, 5) is 0. The molecule has 0 aliphatic carbocycles. The predicted octanol–water partition coefficient (Wildman–Crippen LogP) is 5.64. The summed E-state index contributed by atoms with van der Waals surface area (Å²) >= 11 is 1.90. The number of fused-ring (bicyclic) bond motifs is 3. The molecule has 18 heavy (non-hydrogen) atoms. The third-order valence-electron chi connectivity index (χ3n) is 3.21. The summed E-state index contributed by atoms with van der Waals surface area (Å²) in [6.45, 7) is 6.92. The van der Waals surface area contributed by atoms with Gasteiger partial charge in [-0.15, -0.1) is 11.3 Å². The van der Waals surface area contributed by atoms with E-state index in [-0.39, 0.29) is 0 Å². The van der Waals surface area contributed by atoms with E-state index in [2.05, 4.69) is 63.2 Å². The fourth-order valence-electron chi connectivity index (χ4n) is 2.57. The average Bonchev–Trinajstić information content (AvgIpc) is 2.66. The maximum atomic E-state index is 2.31. The van der Waals surface area contributed by atoms with Crippen molar-refractivity contribution in [3.63, 3.8) is 0 Å². The minimum atomic E-state index is 0.331. The minimum absolute atomic E-state index is 0.331. The largest absolute Gasteiger partial charge is 0.135 e. The molecule has 0 amide bonds. The number of benzene rings is 2. The van der Waals surface area contributed by atoms with E-state index in [1.165, 1.54) is 25.7 Å². The number of rotatable bonds is 1. The molecule has 0 unspecified atom stereocenters. The van der Waals surface area contributed by atoms with Crippen molar-refractivity contribution >= 4 is 31.5 Å². The monoisotopic (exact) mass is 254 g/mol. The zero-order chi connectivity index (χ0) is 12.8. The molecule has 0 N–H and O–H groups in total. The van der Waals surface area contributed by atoms with E-state index >= 15 is 0 Å². The van der Waals surface area contributed by atoms with Crippen molar-refractivity contribution < 1.29 is 0 Å². The molecule has 1 aromatic heterocycles. The zero-order valence-corrected chi connectivity index (χ0v) is 12.0. The van der Waals surface area contributed by atoms with E-state index in [9.17, 15) is 0 Å². The first-order valence-electron chi connectivity index (χ1n) is 6.44. The standard InChI is InChI=1S/C17H18S/c1-17(2,3)11-12-7-6-10-15-16(12)13-8-4-5-9-14(13)18-15/h4-10H,11H2,1-3H3. The number of hydrogen-bond donors (Lipinski definition) is 0. The molecule has 0 saturated heterocycles. The Labute approximate surface area is 112 Å². The highest BCUT2D eigenvalue weighted by molar-refractivity contribution is 7.25. The van der Waals surface area contributed by atoms with Gasteiger partial charge >= 0.3 is 0 Å². The third kappa shape index (κ3) is 2.04. The second kappa shape index (κ2) is 4.10. The first-order chi connectivity index (χ1) is 8.54.